The molecule has 0 unspecified atom stereocenters. The highest BCUT2D eigenvalue weighted by atomic mass is 35.5. The summed E-state index contributed by atoms with van der Waals surface area (Å²) in [5.74, 6) is 0.399. The van der Waals surface area contributed by atoms with E-state index in [1.54, 1.807) is 36.5 Å². The molecule has 1 amide bonds. The molecule has 5 nitrogen and oxygen atoms in total. The van der Waals surface area contributed by atoms with Gasteiger partial charge in [-0.05, 0) is 70.9 Å². The fraction of sp³-hybridized carbons (Fsp3) is 0.429. The number of hydrogen-bond acceptors (Lipinski definition) is 4. The van der Waals surface area contributed by atoms with Crippen molar-refractivity contribution in [1.29, 1.82) is 0 Å². The first-order valence-corrected chi connectivity index (χ1v) is 9.59. The number of nitrogens with zero attached hydrogens (tertiary/aromatic N) is 1. The van der Waals surface area contributed by atoms with Gasteiger partial charge in [-0.1, -0.05) is 17.7 Å². The Kier molecular flexibility index (Phi) is 5.45. The van der Waals surface area contributed by atoms with Gasteiger partial charge < -0.3 is 16.0 Å². The molecule has 27 heavy (non-hydrogen) atoms. The number of benzene rings is 1. The Balaban J connectivity index is 1.78. The standard InChI is InChI=1S/C21H27ClN4O/c1-20(2)12-16(13-21(3,4)26-20)24-18-17(9-6-10-23-18)19(27)25-15-8-5-7-14(22)11-15/h5-11,16,26H,12-13H2,1-4H3,(H,23,24)(H,25,27). The third kappa shape index (κ3) is 5.21. The van der Waals surface area contributed by atoms with Gasteiger partial charge in [-0.25, -0.2) is 4.98 Å². The number of rotatable bonds is 4. The van der Waals surface area contributed by atoms with Crippen LogP contribution in [0, 0.1) is 0 Å². The van der Waals surface area contributed by atoms with Crippen LogP contribution in [-0.4, -0.2) is 28.0 Å². The van der Waals surface area contributed by atoms with E-state index in [-0.39, 0.29) is 23.0 Å². The number of hydrogen-bond donors (Lipinski definition) is 3. The number of carbonyl (C=O) groups excluding carboxylic acids is 1. The summed E-state index contributed by atoms with van der Waals surface area (Å²) in [7, 11) is 0. The predicted molar refractivity (Wildman–Crippen MR) is 112 cm³/mol. The number of carbonyl (C=O) groups is 1. The van der Waals surface area contributed by atoms with Gasteiger partial charge in [0.1, 0.15) is 5.82 Å². The lowest BCUT2D eigenvalue weighted by Gasteiger charge is -2.46. The number of halogens is 1. The van der Waals surface area contributed by atoms with Gasteiger partial charge in [0.15, 0.2) is 0 Å². The van der Waals surface area contributed by atoms with Crippen molar-refractivity contribution in [2.24, 2.45) is 0 Å². The van der Waals surface area contributed by atoms with Crippen LogP contribution in [0.1, 0.15) is 50.9 Å². The van der Waals surface area contributed by atoms with E-state index < -0.39 is 0 Å². The van der Waals surface area contributed by atoms with E-state index in [0.717, 1.165) is 12.8 Å². The van der Waals surface area contributed by atoms with E-state index in [1.165, 1.54) is 0 Å². The van der Waals surface area contributed by atoms with Crippen molar-refractivity contribution >= 4 is 29.0 Å². The van der Waals surface area contributed by atoms with Crippen LogP contribution in [0.3, 0.4) is 0 Å². The second kappa shape index (κ2) is 7.49. The number of nitrogens with one attached hydrogen (secondary N) is 3. The molecule has 1 aliphatic rings. The Morgan fingerprint density at radius 1 is 1.15 bits per heavy atom. The fourth-order valence-electron chi connectivity index (χ4n) is 4.09. The van der Waals surface area contributed by atoms with Gasteiger partial charge in [-0.3, -0.25) is 4.79 Å². The van der Waals surface area contributed by atoms with Gasteiger partial charge >= 0.3 is 0 Å². The molecule has 3 N–H and O–H groups in total. The van der Waals surface area contributed by atoms with Gasteiger partial charge in [0.25, 0.3) is 5.91 Å². The summed E-state index contributed by atoms with van der Waals surface area (Å²) in [5, 5.41) is 10.6. The van der Waals surface area contributed by atoms with E-state index in [1.807, 2.05) is 6.07 Å². The molecule has 0 bridgehead atoms. The quantitative estimate of drug-likeness (QED) is 0.712. The van der Waals surface area contributed by atoms with Crippen molar-refractivity contribution in [2.75, 3.05) is 10.6 Å². The summed E-state index contributed by atoms with van der Waals surface area (Å²) in [6.07, 6.45) is 3.60. The maximum Gasteiger partial charge on any atom is 0.259 e. The average Bonchev–Trinajstić information content (AvgIpc) is 2.52. The number of amides is 1. The minimum absolute atomic E-state index is 0.0113. The summed E-state index contributed by atoms with van der Waals surface area (Å²) in [5.41, 5.74) is 1.20. The molecular formula is C21H27ClN4O. The molecule has 1 aliphatic heterocycles. The van der Waals surface area contributed by atoms with Gasteiger partial charge in [0.2, 0.25) is 0 Å². The minimum Gasteiger partial charge on any atom is -0.367 e. The third-order valence-electron chi connectivity index (χ3n) is 4.67. The highest BCUT2D eigenvalue weighted by Gasteiger charge is 2.38. The van der Waals surface area contributed by atoms with Crippen LogP contribution in [0.4, 0.5) is 11.5 Å². The van der Waals surface area contributed by atoms with E-state index in [4.69, 9.17) is 11.6 Å². The maximum atomic E-state index is 12.8. The molecule has 0 radical (unpaired) electrons. The van der Waals surface area contributed by atoms with E-state index in [2.05, 4.69) is 48.6 Å². The second-order valence-corrected chi connectivity index (χ2v) is 8.94. The van der Waals surface area contributed by atoms with Gasteiger partial charge in [-0.15, -0.1) is 0 Å². The summed E-state index contributed by atoms with van der Waals surface area (Å²) in [6, 6.07) is 10.9. The maximum absolute atomic E-state index is 12.8. The molecular weight excluding hydrogens is 360 g/mol. The zero-order valence-electron chi connectivity index (χ0n) is 16.3. The summed E-state index contributed by atoms with van der Waals surface area (Å²) in [4.78, 5) is 17.2. The molecule has 0 atom stereocenters. The topological polar surface area (TPSA) is 66.0 Å². The smallest absolute Gasteiger partial charge is 0.259 e. The highest BCUT2D eigenvalue weighted by molar-refractivity contribution is 6.31. The second-order valence-electron chi connectivity index (χ2n) is 8.51. The summed E-state index contributed by atoms with van der Waals surface area (Å²) < 4.78 is 0. The number of piperidine rings is 1. The third-order valence-corrected chi connectivity index (χ3v) is 4.90. The van der Waals surface area contributed by atoms with Crippen LogP contribution < -0.4 is 16.0 Å². The van der Waals surface area contributed by atoms with Crippen molar-refractivity contribution < 1.29 is 4.79 Å². The molecule has 144 valence electrons. The minimum atomic E-state index is -0.208. The molecule has 1 aromatic carbocycles. The molecule has 6 heteroatoms. The predicted octanol–water partition coefficient (Wildman–Crippen LogP) is 4.71. The van der Waals surface area contributed by atoms with Crippen LogP contribution in [0.15, 0.2) is 42.6 Å². The first-order chi connectivity index (χ1) is 12.6. The monoisotopic (exact) mass is 386 g/mol. The summed E-state index contributed by atoms with van der Waals surface area (Å²) in [6.45, 7) is 8.81. The van der Waals surface area contributed by atoms with Gasteiger partial charge in [-0.2, -0.15) is 0 Å². The first-order valence-electron chi connectivity index (χ1n) is 9.21. The van der Waals surface area contributed by atoms with Gasteiger partial charge in [0.05, 0.1) is 5.56 Å². The van der Waals surface area contributed by atoms with Crippen LogP contribution in [0.2, 0.25) is 5.02 Å². The molecule has 3 rings (SSSR count). The Bertz CT molecular complexity index is 818. The van der Waals surface area contributed by atoms with Crippen molar-refractivity contribution in [2.45, 2.75) is 57.7 Å². The molecule has 1 fully saturated rings. The zero-order chi connectivity index (χ0) is 19.7. The Morgan fingerprint density at radius 3 is 2.52 bits per heavy atom. The van der Waals surface area contributed by atoms with Crippen LogP contribution in [0.5, 0.6) is 0 Å². The highest BCUT2D eigenvalue weighted by Crippen LogP contribution is 2.31. The molecule has 0 spiro atoms. The summed E-state index contributed by atoms with van der Waals surface area (Å²) >= 11 is 6.01. The average molecular weight is 387 g/mol. The van der Waals surface area contributed by atoms with E-state index in [9.17, 15) is 4.79 Å². The van der Waals surface area contributed by atoms with E-state index >= 15 is 0 Å². The zero-order valence-corrected chi connectivity index (χ0v) is 17.0. The number of pyridine rings is 1. The normalized spacial score (nSPS) is 18.7. The van der Waals surface area contributed by atoms with Crippen molar-refractivity contribution in [1.82, 2.24) is 10.3 Å². The fourth-order valence-corrected chi connectivity index (χ4v) is 4.28. The Morgan fingerprint density at radius 2 is 1.85 bits per heavy atom. The lowest BCUT2D eigenvalue weighted by molar-refractivity contribution is 0.102. The Hall–Kier alpha value is -2.11. The van der Waals surface area contributed by atoms with Crippen molar-refractivity contribution in [3.63, 3.8) is 0 Å². The molecule has 0 saturated carbocycles. The number of aromatic nitrogens is 1. The van der Waals surface area contributed by atoms with Crippen LogP contribution in [0.25, 0.3) is 0 Å². The number of anilines is 2. The molecule has 1 aromatic heterocycles. The van der Waals surface area contributed by atoms with Crippen molar-refractivity contribution in [3.05, 3.63) is 53.2 Å². The molecule has 2 heterocycles. The lowest BCUT2D eigenvalue weighted by Crippen LogP contribution is -2.60. The van der Waals surface area contributed by atoms with Crippen LogP contribution >= 0.6 is 11.6 Å². The molecule has 1 saturated heterocycles. The molecule has 2 aromatic rings. The first kappa shape index (κ1) is 19.6. The lowest BCUT2D eigenvalue weighted by atomic mass is 9.79. The molecule has 0 aliphatic carbocycles. The van der Waals surface area contributed by atoms with E-state index in [0.29, 0.717) is 22.1 Å². The van der Waals surface area contributed by atoms with Crippen LogP contribution in [-0.2, 0) is 0 Å². The van der Waals surface area contributed by atoms with Crippen molar-refractivity contribution in [3.8, 4) is 0 Å². The Labute approximate surface area is 165 Å². The largest absolute Gasteiger partial charge is 0.367 e. The SMILES string of the molecule is CC1(C)CC(Nc2ncccc2C(=O)Nc2cccc(Cl)c2)CC(C)(C)N1. The van der Waals surface area contributed by atoms with Gasteiger partial charge in [0, 0.05) is 34.0 Å².